The Labute approximate surface area is 109 Å². The highest BCUT2D eigenvalue weighted by atomic mass is 32.1. The smallest absolute Gasteiger partial charge is 0.206 e. The number of rotatable bonds is 2. The van der Waals surface area contributed by atoms with Crippen LogP contribution in [0.3, 0.4) is 0 Å². The molecule has 0 saturated heterocycles. The van der Waals surface area contributed by atoms with E-state index < -0.39 is 5.92 Å². The molecule has 0 saturated carbocycles. The SMILES string of the molecule is FC1(F)Cc2ccccc2C(Cc2cccs2)C1. The third-order valence-electron chi connectivity index (χ3n) is 3.52. The largest absolute Gasteiger partial charge is 0.252 e. The molecule has 1 aliphatic carbocycles. The van der Waals surface area contributed by atoms with Crippen LogP contribution in [-0.2, 0) is 12.8 Å². The predicted octanol–water partition coefficient (Wildman–Crippen LogP) is 4.66. The maximum Gasteiger partial charge on any atom is 0.252 e. The van der Waals surface area contributed by atoms with Crippen molar-refractivity contribution in [1.29, 1.82) is 0 Å². The van der Waals surface area contributed by atoms with Gasteiger partial charge in [0.25, 0.3) is 5.92 Å². The van der Waals surface area contributed by atoms with Crippen LogP contribution in [0.5, 0.6) is 0 Å². The van der Waals surface area contributed by atoms with Gasteiger partial charge in [-0.05, 0) is 34.9 Å². The van der Waals surface area contributed by atoms with Gasteiger partial charge in [-0.2, -0.15) is 0 Å². The number of fused-ring (bicyclic) bond motifs is 1. The molecule has 0 spiro atoms. The van der Waals surface area contributed by atoms with Gasteiger partial charge in [-0.3, -0.25) is 0 Å². The average molecular weight is 264 g/mol. The molecule has 18 heavy (non-hydrogen) atoms. The molecule has 0 bridgehead atoms. The number of hydrogen-bond donors (Lipinski definition) is 0. The van der Waals surface area contributed by atoms with Crippen LogP contribution in [0.15, 0.2) is 41.8 Å². The Bertz CT molecular complexity index is 531. The Morgan fingerprint density at radius 3 is 2.78 bits per heavy atom. The maximum absolute atomic E-state index is 13.8. The van der Waals surface area contributed by atoms with Crippen LogP contribution >= 0.6 is 11.3 Å². The standard InChI is InChI=1S/C15H14F2S/c16-15(17)9-11-4-1-2-6-14(11)12(10-15)8-13-5-3-7-18-13/h1-7,12H,8-10H2. The summed E-state index contributed by atoms with van der Waals surface area (Å²) in [5, 5.41) is 2.00. The number of halogens is 2. The monoisotopic (exact) mass is 264 g/mol. The number of hydrogen-bond acceptors (Lipinski definition) is 1. The highest BCUT2D eigenvalue weighted by Gasteiger charge is 2.39. The lowest BCUT2D eigenvalue weighted by molar-refractivity contribution is -0.0205. The molecule has 0 amide bonds. The second kappa shape index (κ2) is 4.47. The molecule has 1 unspecified atom stereocenters. The Morgan fingerprint density at radius 1 is 1.17 bits per heavy atom. The molecule has 94 valence electrons. The lowest BCUT2D eigenvalue weighted by Gasteiger charge is -2.31. The number of thiophene rings is 1. The van der Waals surface area contributed by atoms with Gasteiger partial charge < -0.3 is 0 Å². The summed E-state index contributed by atoms with van der Waals surface area (Å²) in [6.45, 7) is 0. The van der Waals surface area contributed by atoms with Gasteiger partial charge in [-0.25, -0.2) is 8.78 Å². The highest BCUT2D eigenvalue weighted by Crippen LogP contribution is 2.42. The lowest BCUT2D eigenvalue weighted by atomic mass is 9.79. The van der Waals surface area contributed by atoms with Crippen molar-refractivity contribution in [3.63, 3.8) is 0 Å². The number of alkyl halides is 2. The fraction of sp³-hybridized carbons (Fsp3) is 0.333. The molecule has 0 fully saturated rings. The summed E-state index contributed by atoms with van der Waals surface area (Å²) in [7, 11) is 0. The van der Waals surface area contributed by atoms with Crippen molar-refractivity contribution in [2.75, 3.05) is 0 Å². The van der Waals surface area contributed by atoms with Gasteiger partial charge in [0.15, 0.2) is 0 Å². The third kappa shape index (κ3) is 2.32. The molecule has 3 heteroatoms. The normalized spacial score (nSPS) is 21.6. The molecule has 1 aliphatic rings. The molecule has 0 aliphatic heterocycles. The van der Waals surface area contributed by atoms with Crippen molar-refractivity contribution in [2.24, 2.45) is 0 Å². The van der Waals surface area contributed by atoms with Gasteiger partial charge in [0, 0.05) is 17.7 Å². The van der Waals surface area contributed by atoms with Crippen LogP contribution in [0.4, 0.5) is 8.78 Å². The first-order chi connectivity index (χ1) is 8.64. The fourth-order valence-corrected chi connectivity index (χ4v) is 3.55. The second-order valence-corrected chi connectivity index (χ2v) is 5.95. The van der Waals surface area contributed by atoms with Crippen LogP contribution in [0.1, 0.15) is 28.3 Å². The summed E-state index contributed by atoms with van der Waals surface area (Å²) in [4.78, 5) is 1.19. The molecule has 1 heterocycles. The Balaban J connectivity index is 1.94. The van der Waals surface area contributed by atoms with Crippen LogP contribution in [0.2, 0.25) is 0 Å². The van der Waals surface area contributed by atoms with E-state index in [0.717, 1.165) is 17.5 Å². The second-order valence-electron chi connectivity index (χ2n) is 4.92. The van der Waals surface area contributed by atoms with Gasteiger partial charge in [0.1, 0.15) is 0 Å². The molecule has 0 N–H and O–H groups in total. The van der Waals surface area contributed by atoms with E-state index in [2.05, 4.69) is 0 Å². The molecule has 1 aromatic carbocycles. The molecule has 1 atom stereocenters. The molecule has 0 nitrogen and oxygen atoms in total. The van der Waals surface area contributed by atoms with E-state index in [4.69, 9.17) is 0 Å². The molecule has 2 aromatic rings. The summed E-state index contributed by atoms with van der Waals surface area (Å²) < 4.78 is 27.5. The average Bonchev–Trinajstić information content (AvgIpc) is 2.80. The summed E-state index contributed by atoms with van der Waals surface area (Å²) in [6.07, 6.45) is 0.594. The minimum atomic E-state index is -2.56. The van der Waals surface area contributed by atoms with Gasteiger partial charge in [-0.15, -0.1) is 11.3 Å². The Hall–Kier alpha value is -1.22. The summed E-state index contributed by atoms with van der Waals surface area (Å²) in [5.41, 5.74) is 1.92. The van der Waals surface area contributed by atoms with Crippen molar-refractivity contribution in [1.82, 2.24) is 0 Å². The molecular formula is C15H14F2S. The molecular weight excluding hydrogens is 250 g/mol. The quantitative estimate of drug-likeness (QED) is 0.740. The van der Waals surface area contributed by atoms with Gasteiger partial charge in [0.05, 0.1) is 0 Å². The minimum absolute atomic E-state index is 0.0259. The first kappa shape index (κ1) is 11.8. The zero-order valence-corrected chi connectivity index (χ0v) is 10.7. The Kier molecular flexibility index (Phi) is 2.94. The Morgan fingerprint density at radius 2 is 2.00 bits per heavy atom. The zero-order chi connectivity index (χ0) is 12.6. The molecule has 0 radical (unpaired) electrons. The third-order valence-corrected chi connectivity index (χ3v) is 4.42. The van der Waals surface area contributed by atoms with Crippen molar-refractivity contribution < 1.29 is 8.78 Å². The van der Waals surface area contributed by atoms with Gasteiger partial charge in [-0.1, -0.05) is 30.3 Å². The predicted molar refractivity (Wildman–Crippen MR) is 70.5 cm³/mol. The van der Waals surface area contributed by atoms with Crippen LogP contribution in [-0.4, -0.2) is 5.92 Å². The summed E-state index contributed by atoms with van der Waals surface area (Å²) >= 11 is 1.65. The van der Waals surface area contributed by atoms with E-state index in [0.29, 0.717) is 0 Å². The lowest BCUT2D eigenvalue weighted by Crippen LogP contribution is -2.29. The van der Waals surface area contributed by atoms with E-state index in [9.17, 15) is 8.78 Å². The molecule has 1 aromatic heterocycles. The van der Waals surface area contributed by atoms with Gasteiger partial charge in [0.2, 0.25) is 0 Å². The van der Waals surface area contributed by atoms with Crippen LogP contribution in [0.25, 0.3) is 0 Å². The van der Waals surface area contributed by atoms with Crippen molar-refractivity contribution in [3.8, 4) is 0 Å². The maximum atomic E-state index is 13.8. The van der Waals surface area contributed by atoms with E-state index in [1.165, 1.54) is 4.88 Å². The van der Waals surface area contributed by atoms with E-state index in [1.807, 2.05) is 41.8 Å². The fourth-order valence-electron chi connectivity index (χ4n) is 2.77. The van der Waals surface area contributed by atoms with Crippen molar-refractivity contribution >= 4 is 11.3 Å². The van der Waals surface area contributed by atoms with E-state index >= 15 is 0 Å². The first-order valence-corrected chi connectivity index (χ1v) is 7.00. The van der Waals surface area contributed by atoms with Crippen LogP contribution in [0, 0.1) is 0 Å². The van der Waals surface area contributed by atoms with Crippen LogP contribution < -0.4 is 0 Å². The van der Waals surface area contributed by atoms with E-state index in [1.54, 1.807) is 11.3 Å². The van der Waals surface area contributed by atoms with Crippen molar-refractivity contribution in [3.05, 3.63) is 57.8 Å². The van der Waals surface area contributed by atoms with Crippen molar-refractivity contribution in [2.45, 2.75) is 31.1 Å². The topological polar surface area (TPSA) is 0 Å². The number of benzene rings is 1. The summed E-state index contributed by atoms with van der Waals surface area (Å²) in [6, 6.07) is 11.6. The highest BCUT2D eigenvalue weighted by molar-refractivity contribution is 7.09. The minimum Gasteiger partial charge on any atom is -0.206 e. The first-order valence-electron chi connectivity index (χ1n) is 6.12. The summed E-state index contributed by atoms with van der Waals surface area (Å²) in [5.74, 6) is -2.61. The van der Waals surface area contributed by atoms with E-state index in [-0.39, 0.29) is 18.8 Å². The van der Waals surface area contributed by atoms with Gasteiger partial charge >= 0.3 is 0 Å². The molecule has 3 rings (SSSR count). The zero-order valence-electron chi connectivity index (χ0n) is 9.90.